The lowest BCUT2D eigenvalue weighted by atomic mass is 10.1. The van der Waals surface area contributed by atoms with Gasteiger partial charge >= 0.3 is 0 Å². The minimum absolute atomic E-state index is 0. The molecule has 0 amide bonds. The van der Waals surface area contributed by atoms with Crippen molar-refractivity contribution in [3.63, 3.8) is 0 Å². The molecule has 1 aromatic heterocycles. The van der Waals surface area contributed by atoms with Crippen molar-refractivity contribution in [1.82, 2.24) is 14.7 Å². The molecule has 5 heteroatoms. The zero-order chi connectivity index (χ0) is 13.4. The first-order chi connectivity index (χ1) is 9.19. The number of hydrogen-bond acceptors (Lipinski definition) is 3. The largest absolute Gasteiger partial charge is 0.326 e. The average Bonchev–Trinajstić information content (AvgIpc) is 2.92. The Hall–Kier alpha value is -1.10. The topological polar surface area (TPSA) is 47.1 Å². The Labute approximate surface area is 126 Å². The van der Waals surface area contributed by atoms with Gasteiger partial charge in [-0.3, -0.25) is 9.58 Å². The second-order valence-corrected chi connectivity index (χ2v) is 5.61. The summed E-state index contributed by atoms with van der Waals surface area (Å²) in [5.41, 5.74) is 8.51. The molecule has 0 radical (unpaired) electrons. The standard InChI is InChI=1S/C15H22N4.ClH/c1-3-19-15-7-5-4-6-12(15)14(17-19)10-18-8-11(2)13(16)9-18;/h4-7,11,13H,3,8-10,16H2,1-2H3;1H. The van der Waals surface area contributed by atoms with E-state index in [1.54, 1.807) is 0 Å². The molecule has 0 saturated carbocycles. The van der Waals surface area contributed by atoms with Gasteiger partial charge in [0.1, 0.15) is 0 Å². The number of aryl methyl sites for hydroxylation is 1. The maximum atomic E-state index is 6.10. The number of benzene rings is 1. The van der Waals surface area contributed by atoms with Crippen molar-refractivity contribution in [2.75, 3.05) is 13.1 Å². The first-order valence-corrected chi connectivity index (χ1v) is 7.11. The van der Waals surface area contributed by atoms with Gasteiger partial charge in [0.15, 0.2) is 0 Å². The lowest BCUT2D eigenvalue weighted by molar-refractivity contribution is 0.314. The van der Waals surface area contributed by atoms with Crippen LogP contribution in [0.1, 0.15) is 19.5 Å². The lowest BCUT2D eigenvalue weighted by Crippen LogP contribution is -2.28. The van der Waals surface area contributed by atoms with Crippen LogP contribution in [0, 0.1) is 5.92 Å². The van der Waals surface area contributed by atoms with Crippen LogP contribution in [0.2, 0.25) is 0 Å². The number of rotatable bonds is 3. The van der Waals surface area contributed by atoms with E-state index in [4.69, 9.17) is 10.8 Å². The van der Waals surface area contributed by atoms with Crippen molar-refractivity contribution in [2.24, 2.45) is 11.7 Å². The number of likely N-dealkylation sites (tertiary alicyclic amines) is 1. The maximum absolute atomic E-state index is 6.10. The number of fused-ring (bicyclic) bond motifs is 1. The number of hydrogen-bond donors (Lipinski definition) is 1. The first-order valence-electron chi connectivity index (χ1n) is 7.11. The quantitative estimate of drug-likeness (QED) is 0.944. The second kappa shape index (κ2) is 6.12. The van der Waals surface area contributed by atoms with Crippen LogP contribution in [-0.2, 0) is 13.1 Å². The molecule has 2 heterocycles. The van der Waals surface area contributed by atoms with Gasteiger partial charge in [-0.2, -0.15) is 5.10 Å². The molecule has 1 fully saturated rings. The van der Waals surface area contributed by atoms with Crippen LogP contribution in [0.25, 0.3) is 10.9 Å². The highest BCUT2D eigenvalue weighted by Gasteiger charge is 2.27. The van der Waals surface area contributed by atoms with Gasteiger partial charge in [-0.15, -0.1) is 12.4 Å². The highest BCUT2D eigenvalue weighted by atomic mass is 35.5. The van der Waals surface area contributed by atoms with E-state index in [1.165, 1.54) is 16.6 Å². The molecule has 2 atom stereocenters. The average molecular weight is 295 g/mol. The van der Waals surface area contributed by atoms with E-state index >= 15 is 0 Å². The molecule has 1 aliphatic heterocycles. The van der Waals surface area contributed by atoms with Crippen molar-refractivity contribution in [1.29, 1.82) is 0 Å². The summed E-state index contributed by atoms with van der Waals surface area (Å²) in [6, 6.07) is 8.79. The Morgan fingerprint density at radius 3 is 2.70 bits per heavy atom. The fourth-order valence-electron chi connectivity index (χ4n) is 2.99. The van der Waals surface area contributed by atoms with E-state index in [1.807, 2.05) is 0 Å². The molecule has 2 aromatic rings. The Balaban J connectivity index is 0.00000147. The highest BCUT2D eigenvalue weighted by molar-refractivity contribution is 5.85. The molecular formula is C15H23ClN4. The molecule has 1 aliphatic rings. The molecule has 0 spiro atoms. The third-order valence-electron chi connectivity index (χ3n) is 4.15. The Morgan fingerprint density at radius 1 is 1.30 bits per heavy atom. The van der Waals surface area contributed by atoms with Crippen LogP contribution in [0.5, 0.6) is 0 Å². The van der Waals surface area contributed by atoms with Crippen molar-refractivity contribution in [3.8, 4) is 0 Å². The molecule has 0 aliphatic carbocycles. The fourth-order valence-corrected chi connectivity index (χ4v) is 2.99. The second-order valence-electron chi connectivity index (χ2n) is 5.61. The summed E-state index contributed by atoms with van der Waals surface area (Å²) in [4.78, 5) is 2.42. The summed E-state index contributed by atoms with van der Waals surface area (Å²) < 4.78 is 2.09. The SMILES string of the molecule is CCn1nc(CN2CC(C)C(N)C2)c2ccccc21.Cl. The van der Waals surface area contributed by atoms with Crippen LogP contribution < -0.4 is 5.73 Å². The summed E-state index contributed by atoms with van der Waals surface area (Å²) in [5, 5.41) is 6.03. The van der Waals surface area contributed by atoms with E-state index in [9.17, 15) is 0 Å². The summed E-state index contributed by atoms with van der Waals surface area (Å²) >= 11 is 0. The highest BCUT2D eigenvalue weighted by Crippen LogP contribution is 2.22. The van der Waals surface area contributed by atoms with Crippen LogP contribution >= 0.6 is 12.4 Å². The van der Waals surface area contributed by atoms with E-state index in [-0.39, 0.29) is 12.4 Å². The van der Waals surface area contributed by atoms with E-state index in [0.717, 1.165) is 26.2 Å². The minimum Gasteiger partial charge on any atom is -0.326 e. The number of nitrogens with zero attached hydrogens (tertiary/aromatic N) is 3. The number of nitrogens with two attached hydrogens (primary N) is 1. The van der Waals surface area contributed by atoms with E-state index < -0.39 is 0 Å². The van der Waals surface area contributed by atoms with Crippen LogP contribution in [0.15, 0.2) is 24.3 Å². The maximum Gasteiger partial charge on any atom is 0.0843 e. The molecule has 4 nitrogen and oxygen atoms in total. The fraction of sp³-hybridized carbons (Fsp3) is 0.533. The third kappa shape index (κ3) is 2.68. The molecular weight excluding hydrogens is 272 g/mol. The lowest BCUT2D eigenvalue weighted by Gasteiger charge is -2.13. The molecule has 2 N–H and O–H groups in total. The molecule has 1 aromatic carbocycles. The monoisotopic (exact) mass is 294 g/mol. The molecule has 20 heavy (non-hydrogen) atoms. The zero-order valence-corrected chi connectivity index (χ0v) is 12.9. The Bertz CT molecular complexity index is 570. The van der Waals surface area contributed by atoms with E-state index in [2.05, 4.69) is 47.7 Å². The predicted octanol–water partition coefficient (Wildman–Crippen LogP) is 2.26. The number of para-hydroxylation sites is 1. The van der Waals surface area contributed by atoms with Gasteiger partial charge in [-0.1, -0.05) is 25.1 Å². The third-order valence-corrected chi connectivity index (χ3v) is 4.15. The molecule has 2 unspecified atom stereocenters. The molecule has 1 saturated heterocycles. The predicted molar refractivity (Wildman–Crippen MR) is 85.1 cm³/mol. The minimum atomic E-state index is 0. The summed E-state index contributed by atoms with van der Waals surface area (Å²) in [6.45, 7) is 8.25. The normalized spacial score (nSPS) is 23.1. The molecule has 0 bridgehead atoms. The Kier molecular flexibility index (Phi) is 4.68. The number of aromatic nitrogens is 2. The van der Waals surface area contributed by atoms with Gasteiger partial charge in [0.25, 0.3) is 0 Å². The van der Waals surface area contributed by atoms with Crippen molar-refractivity contribution in [3.05, 3.63) is 30.0 Å². The molecule has 3 rings (SSSR count). The van der Waals surface area contributed by atoms with Gasteiger partial charge in [0.05, 0.1) is 11.2 Å². The van der Waals surface area contributed by atoms with Gasteiger partial charge in [0.2, 0.25) is 0 Å². The summed E-state index contributed by atoms with van der Waals surface area (Å²) in [7, 11) is 0. The van der Waals surface area contributed by atoms with Crippen LogP contribution in [-0.4, -0.2) is 33.8 Å². The first kappa shape index (κ1) is 15.3. The summed E-state index contributed by atoms with van der Waals surface area (Å²) in [6.07, 6.45) is 0. The molecule has 110 valence electrons. The van der Waals surface area contributed by atoms with Gasteiger partial charge in [-0.25, -0.2) is 0 Å². The van der Waals surface area contributed by atoms with Gasteiger partial charge < -0.3 is 5.73 Å². The Morgan fingerprint density at radius 2 is 2.05 bits per heavy atom. The van der Waals surface area contributed by atoms with Crippen LogP contribution in [0.4, 0.5) is 0 Å². The smallest absolute Gasteiger partial charge is 0.0843 e. The van der Waals surface area contributed by atoms with Gasteiger partial charge in [-0.05, 0) is 18.9 Å². The van der Waals surface area contributed by atoms with Crippen LogP contribution in [0.3, 0.4) is 0 Å². The van der Waals surface area contributed by atoms with Crippen molar-refractivity contribution in [2.45, 2.75) is 33.0 Å². The van der Waals surface area contributed by atoms with E-state index in [0.29, 0.717) is 12.0 Å². The van der Waals surface area contributed by atoms with Crippen molar-refractivity contribution >= 4 is 23.3 Å². The van der Waals surface area contributed by atoms with Gasteiger partial charge in [0, 0.05) is 37.6 Å². The van der Waals surface area contributed by atoms with Crippen molar-refractivity contribution < 1.29 is 0 Å². The zero-order valence-electron chi connectivity index (χ0n) is 12.1. The number of halogens is 1. The summed E-state index contributed by atoms with van der Waals surface area (Å²) in [5.74, 6) is 0.583.